The molecular weight excluding hydrogens is 282 g/mol. The van der Waals surface area contributed by atoms with Gasteiger partial charge in [0.05, 0.1) is 22.2 Å². The van der Waals surface area contributed by atoms with Gasteiger partial charge in [-0.3, -0.25) is 10.1 Å². The first-order valence-electron chi connectivity index (χ1n) is 6.05. The van der Waals surface area contributed by atoms with E-state index in [0.29, 0.717) is 17.3 Å². The normalized spacial score (nSPS) is 10.8. The fourth-order valence-corrected chi connectivity index (χ4v) is 2.00. The van der Waals surface area contributed by atoms with Crippen LogP contribution in [0.4, 0.5) is 11.4 Å². The van der Waals surface area contributed by atoms with Gasteiger partial charge in [0.25, 0.3) is 5.69 Å². The summed E-state index contributed by atoms with van der Waals surface area (Å²) < 4.78 is 1.94. The van der Waals surface area contributed by atoms with Gasteiger partial charge in [-0.25, -0.2) is 0 Å². The molecule has 0 bridgehead atoms. The largest absolute Gasteiger partial charge is 0.377 e. The summed E-state index contributed by atoms with van der Waals surface area (Å²) in [5.74, 6) is 0.773. The average molecular weight is 296 g/mol. The van der Waals surface area contributed by atoms with E-state index in [2.05, 4.69) is 15.5 Å². The Morgan fingerprint density at radius 1 is 1.50 bits per heavy atom. The smallest absolute Gasteiger partial charge is 0.271 e. The predicted molar refractivity (Wildman–Crippen MR) is 75.8 cm³/mol. The highest BCUT2D eigenvalue weighted by Gasteiger charge is 2.11. The fourth-order valence-electron chi connectivity index (χ4n) is 1.76. The molecule has 1 aromatic carbocycles. The minimum Gasteiger partial charge on any atom is -0.377 e. The number of nitrogens with one attached hydrogen (secondary N) is 1. The molecule has 1 aromatic heterocycles. The van der Waals surface area contributed by atoms with Crippen LogP contribution in [0.25, 0.3) is 0 Å². The number of anilines is 1. The first kappa shape index (κ1) is 14.3. The van der Waals surface area contributed by atoms with Gasteiger partial charge in [-0.05, 0) is 19.9 Å². The van der Waals surface area contributed by atoms with E-state index in [1.54, 1.807) is 12.4 Å². The molecule has 0 spiro atoms. The molecule has 106 valence electrons. The Kier molecular flexibility index (Phi) is 4.19. The van der Waals surface area contributed by atoms with Crippen LogP contribution in [0.2, 0.25) is 5.02 Å². The Bertz CT molecular complexity index is 626. The number of aromatic nitrogens is 3. The topological polar surface area (TPSA) is 85.9 Å². The van der Waals surface area contributed by atoms with Crippen molar-refractivity contribution in [3.05, 3.63) is 45.5 Å². The van der Waals surface area contributed by atoms with E-state index in [0.717, 1.165) is 5.82 Å². The highest BCUT2D eigenvalue weighted by molar-refractivity contribution is 6.33. The van der Waals surface area contributed by atoms with Crippen molar-refractivity contribution < 1.29 is 4.92 Å². The van der Waals surface area contributed by atoms with Gasteiger partial charge in [0.1, 0.15) is 6.33 Å². The number of hydrogen-bond donors (Lipinski definition) is 1. The number of nitro benzene ring substituents is 1. The second-order valence-electron chi connectivity index (χ2n) is 4.52. The van der Waals surface area contributed by atoms with Crippen LogP contribution in [0.3, 0.4) is 0 Å². The minimum atomic E-state index is -0.481. The molecule has 1 heterocycles. The lowest BCUT2D eigenvalue weighted by Gasteiger charge is -2.12. The van der Waals surface area contributed by atoms with Gasteiger partial charge in [0.15, 0.2) is 5.82 Å². The monoisotopic (exact) mass is 295 g/mol. The summed E-state index contributed by atoms with van der Waals surface area (Å²) in [4.78, 5) is 10.2. The molecule has 1 N–H and O–H groups in total. The van der Waals surface area contributed by atoms with E-state index in [-0.39, 0.29) is 11.7 Å². The summed E-state index contributed by atoms with van der Waals surface area (Å²) >= 11 is 6.01. The minimum absolute atomic E-state index is 0.0362. The quantitative estimate of drug-likeness (QED) is 0.677. The number of rotatable bonds is 5. The Labute approximate surface area is 120 Å². The van der Waals surface area contributed by atoms with E-state index in [4.69, 9.17) is 11.6 Å². The van der Waals surface area contributed by atoms with E-state index in [1.165, 1.54) is 12.1 Å². The highest BCUT2D eigenvalue weighted by atomic mass is 35.5. The van der Waals surface area contributed by atoms with Crippen LogP contribution < -0.4 is 5.32 Å². The SMILES string of the molecule is CC(C)n1cnnc1CNc1ccc([N+](=O)[O-])cc1Cl. The summed E-state index contributed by atoms with van der Waals surface area (Å²) in [5, 5.41) is 21.9. The first-order chi connectivity index (χ1) is 9.49. The predicted octanol–water partition coefficient (Wildman–Crippen LogP) is 3.03. The molecule has 0 saturated heterocycles. The number of nitrogens with zero attached hydrogens (tertiary/aromatic N) is 4. The van der Waals surface area contributed by atoms with E-state index >= 15 is 0 Å². The maximum absolute atomic E-state index is 10.6. The van der Waals surface area contributed by atoms with Gasteiger partial charge in [0, 0.05) is 18.2 Å². The zero-order chi connectivity index (χ0) is 14.7. The van der Waals surface area contributed by atoms with Gasteiger partial charge in [0.2, 0.25) is 0 Å². The van der Waals surface area contributed by atoms with Crippen molar-refractivity contribution in [3.63, 3.8) is 0 Å². The van der Waals surface area contributed by atoms with Crippen molar-refractivity contribution in [2.24, 2.45) is 0 Å². The number of halogens is 1. The van der Waals surface area contributed by atoms with Crippen molar-refractivity contribution in [2.75, 3.05) is 5.32 Å². The fraction of sp³-hybridized carbons (Fsp3) is 0.333. The molecule has 0 amide bonds. The lowest BCUT2D eigenvalue weighted by Crippen LogP contribution is -2.10. The lowest BCUT2D eigenvalue weighted by atomic mass is 10.3. The summed E-state index contributed by atoms with van der Waals surface area (Å²) in [6.45, 7) is 4.51. The first-order valence-corrected chi connectivity index (χ1v) is 6.43. The second kappa shape index (κ2) is 5.87. The molecule has 0 radical (unpaired) electrons. The third-order valence-corrected chi connectivity index (χ3v) is 3.12. The van der Waals surface area contributed by atoms with Crippen molar-refractivity contribution in [2.45, 2.75) is 26.4 Å². The summed E-state index contributed by atoms with van der Waals surface area (Å²) in [6.07, 6.45) is 1.67. The van der Waals surface area contributed by atoms with Crippen LogP contribution >= 0.6 is 11.6 Å². The zero-order valence-corrected chi connectivity index (χ0v) is 11.8. The average Bonchev–Trinajstić information content (AvgIpc) is 2.85. The van der Waals surface area contributed by atoms with Crippen LogP contribution in [0.5, 0.6) is 0 Å². The van der Waals surface area contributed by atoms with E-state index < -0.39 is 4.92 Å². The summed E-state index contributed by atoms with van der Waals surface area (Å²) in [5.41, 5.74) is 0.585. The molecule has 20 heavy (non-hydrogen) atoms. The molecule has 2 aromatic rings. The molecule has 0 aliphatic heterocycles. The Hall–Kier alpha value is -2.15. The molecule has 0 fully saturated rings. The lowest BCUT2D eigenvalue weighted by molar-refractivity contribution is -0.384. The number of hydrogen-bond acceptors (Lipinski definition) is 5. The molecular formula is C12H14ClN5O2. The van der Waals surface area contributed by atoms with Gasteiger partial charge in [-0.15, -0.1) is 10.2 Å². The maximum atomic E-state index is 10.6. The van der Waals surface area contributed by atoms with E-state index in [9.17, 15) is 10.1 Å². The Morgan fingerprint density at radius 3 is 2.85 bits per heavy atom. The Balaban J connectivity index is 2.11. The van der Waals surface area contributed by atoms with Crippen LogP contribution in [0, 0.1) is 10.1 Å². The van der Waals surface area contributed by atoms with Gasteiger partial charge in [-0.2, -0.15) is 0 Å². The highest BCUT2D eigenvalue weighted by Crippen LogP contribution is 2.26. The number of benzene rings is 1. The molecule has 0 saturated carbocycles. The van der Waals surface area contributed by atoms with Crippen molar-refractivity contribution in [3.8, 4) is 0 Å². The molecule has 0 aliphatic rings. The third kappa shape index (κ3) is 3.05. The van der Waals surface area contributed by atoms with Gasteiger partial charge in [-0.1, -0.05) is 11.6 Å². The molecule has 8 heteroatoms. The van der Waals surface area contributed by atoms with Crippen LogP contribution in [-0.2, 0) is 6.54 Å². The van der Waals surface area contributed by atoms with Crippen LogP contribution in [-0.4, -0.2) is 19.7 Å². The van der Waals surface area contributed by atoms with Crippen LogP contribution in [0.15, 0.2) is 24.5 Å². The third-order valence-electron chi connectivity index (χ3n) is 2.80. The van der Waals surface area contributed by atoms with Gasteiger partial charge >= 0.3 is 0 Å². The van der Waals surface area contributed by atoms with Crippen molar-refractivity contribution >= 4 is 23.0 Å². The van der Waals surface area contributed by atoms with E-state index in [1.807, 2.05) is 18.4 Å². The standard InChI is InChI=1S/C12H14ClN5O2/c1-8(2)17-7-15-16-12(17)6-14-11-4-3-9(18(19)20)5-10(11)13/h3-5,7-8,14H,6H2,1-2H3. The number of nitro groups is 1. The molecule has 0 aliphatic carbocycles. The molecule has 7 nitrogen and oxygen atoms in total. The van der Waals surface area contributed by atoms with Crippen LogP contribution in [0.1, 0.15) is 25.7 Å². The maximum Gasteiger partial charge on any atom is 0.271 e. The molecule has 0 atom stereocenters. The van der Waals surface area contributed by atoms with Crippen molar-refractivity contribution in [1.82, 2.24) is 14.8 Å². The molecule has 0 unspecified atom stereocenters. The second-order valence-corrected chi connectivity index (χ2v) is 4.93. The molecule has 2 rings (SSSR count). The summed E-state index contributed by atoms with van der Waals surface area (Å²) in [7, 11) is 0. The Morgan fingerprint density at radius 2 is 2.25 bits per heavy atom. The van der Waals surface area contributed by atoms with Crippen molar-refractivity contribution in [1.29, 1.82) is 0 Å². The zero-order valence-electron chi connectivity index (χ0n) is 11.1. The van der Waals surface area contributed by atoms with Gasteiger partial charge < -0.3 is 9.88 Å². The summed E-state index contributed by atoms with van der Waals surface area (Å²) in [6, 6.07) is 4.56. The number of non-ortho nitro benzene ring substituents is 1.